The number of carbonyl (C=O) groups excluding carboxylic acids is 1. The minimum absolute atomic E-state index is 0.00634. The number of rotatable bonds is 0. The van der Waals surface area contributed by atoms with Crippen molar-refractivity contribution in [3.63, 3.8) is 0 Å². The Morgan fingerprint density at radius 1 is 1.33 bits per heavy atom. The molecule has 0 saturated carbocycles. The van der Waals surface area contributed by atoms with E-state index in [1.165, 1.54) is 0 Å². The summed E-state index contributed by atoms with van der Waals surface area (Å²) in [6.07, 6.45) is 9.80. The zero-order chi connectivity index (χ0) is 8.39. The third kappa shape index (κ3) is 1.20. The molecule has 1 aliphatic carbocycles. The molecule has 0 fully saturated rings. The van der Waals surface area contributed by atoms with Gasteiger partial charge < -0.3 is 4.74 Å². The van der Waals surface area contributed by atoms with Gasteiger partial charge in [-0.2, -0.15) is 0 Å². The van der Waals surface area contributed by atoms with E-state index >= 15 is 0 Å². The first-order chi connectivity index (χ1) is 5.88. The number of hydrogen-bond donors (Lipinski definition) is 0. The van der Waals surface area contributed by atoms with E-state index in [0.717, 1.165) is 24.8 Å². The molecule has 0 aromatic rings. The van der Waals surface area contributed by atoms with Crippen LogP contribution in [-0.4, -0.2) is 5.78 Å². The van der Waals surface area contributed by atoms with E-state index in [9.17, 15) is 4.79 Å². The van der Waals surface area contributed by atoms with Crippen molar-refractivity contribution >= 4 is 5.78 Å². The maximum absolute atomic E-state index is 11.3. The number of hydrogen-bond acceptors (Lipinski definition) is 2. The van der Waals surface area contributed by atoms with Gasteiger partial charge in [0.15, 0.2) is 5.76 Å². The molecule has 62 valence electrons. The van der Waals surface area contributed by atoms with E-state index in [2.05, 4.69) is 0 Å². The van der Waals surface area contributed by atoms with E-state index in [-0.39, 0.29) is 5.78 Å². The van der Waals surface area contributed by atoms with Crippen molar-refractivity contribution in [1.29, 1.82) is 0 Å². The smallest absolute Gasteiger partial charge is 0.220 e. The van der Waals surface area contributed by atoms with Crippen LogP contribution >= 0.6 is 0 Å². The molecular formula is C10H10O2. The van der Waals surface area contributed by atoms with Crippen molar-refractivity contribution < 1.29 is 9.53 Å². The summed E-state index contributed by atoms with van der Waals surface area (Å²) in [4.78, 5) is 11.3. The Balaban J connectivity index is 2.32. The Morgan fingerprint density at radius 2 is 2.25 bits per heavy atom. The molecule has 0 N–H and O–H groups in total. The lowest BCUT2D eigenvalue weighted by Crippen LogP contribution is -2.05. The maximum atomic E-state index is 11.3. The van der Waals surface area contributed by atoms with Crippen LogP contribution in [0.5, 0.6) is 0 Å². The molecule has 2 rings (SSSR count). The highest BCUT2D eigenvalue weighted by Crippen LogP contribution is 2.24. The second kappa shape index (κ2) is 2.97. The van der Waals surface area contributed by atoms with Crippen LogP contribution in [0.25, 0.3) is 0 Å². The molecule has 12 heavy (non-hydrogen) atoms. The van der Waals surface area contributed by atoms with Crippen LogP contribution in [0, 0.1) is 0 Å². The lowest BCUT2D eigenvalue weighted by atomic mass is 10.0. The number of carbonyl (C=O) groups is 1. The van der Waals surface area contributed by atoms with Gasteiger partial charge in [0.2, 0.25) is 5.78 Å². The van der Waals surface area contributed by atoms with Gasteiger partial charge >= 0.3 is 0 Å². The van der Waals surface area contributed by atoms with Crippen LogP contribution in [0.2, 0.25) is 0 Å². The molecule has 0 unspecified atom stereocenters. The standard InChI is InChI=1S/C10H10O2/c11-9-6-2-1-4-8-5-3-7-12-10(8)9/h2-3,6-7H,1,4-5H2. The summed E-state index contributed by atoms with van der Waals surface area (Å²) in [7, 11) is 0. The maximum Gasteiger partial charge on any atom is 0.220 e. The van der Waals surface area contributed by atoms with Crippen LogP contribution in [0.4, 0.5) is 0 Å². The fourth-order valence-corrected chi connectivity index (χ4v) is 1.45. The molecule has 0 aromatic heterocycles. The van der Waals surface area contributed by atoms with Gasteiger partial charge in [-0.05, 0) is 37.0 Å². The Hall–Kier alpha value is -1.31. The molecule has 0 bridgehead atoms. The quantitative estimate of drug-likeness (QED) is 0.545. The van der Waals surface area contributed by atoms with E-state index in [1.54, 1.807) is 12.3 Å². The lowest BCUT2D eigenvalue weighted by Gasteiger charge is -2.12. The van der Waals surface area contributed by atoms with Crippen molar-refractivity contribution in [2.45, 2.75) is 19.3 Å². The first-order valence-electron chi connectivity index (χ1n) is 4.12. The fraction of sp³-hybridized carbons (Fsp3) is 0.300. The summed E-state index contributed by atoms with van der Waals surface area (Å²) in [6.45, 7) is 0. The van der Waals surface area contributed by atoms with Crippen molar-refractivity contribution in [3.8, 4) is 0 Å². The van der Waals surface area contributed by atoms with Crippen LogP contribution in [0.15, 0.2) is 35.8 Å². The molecule has 0 radical (unpaired) electrons. The summed E-state index contributed by atoms with van der Waals surface area (Å²) in [5.74, 6) is 0.554. The first-order valence-corrected chi connectivity index (χ1v) is 4.12. The topological polar surface area (TPSA) is 26.3 Å². The number of allylic oxidation sites excluding steroid dienone is 4. The highest BCUT2D eigenvalue weighted by molar-refractivity contribution is 6.03. The summed E-state index contributed by atoms with van der Waals surface area (Å²) in [5.41, 5.74) is 1.13. The van der Waals surface area contributed by atoms with Gasteiger partial charge in [-0.3, -0.25) is 4.79 Å². The zero-order valence-electron chi connectivity index (χ0n) is 6.75. The minimum Gasteiger partial charge on any atom is -0.461 e. The Kier molecular flexibility index (Phi) is 1.82. The van der Waals surface area contributed by atoms with Crippen LogP contribution in [-0.2, 0) is 9.53 Å². The van der Waals surface area contributed by atoms with Gasteiger partial charge in [-0.15, -0.1) is 0 Å². The fourth-order valence-electron chi connectivity index (χ4n) is 1.45. The minimum atomic E-state index is 0.00634. The molecule has 1 aliphatic heterocycles. The molecule has 1 heterocycles. The van der Waals surface area contributed by atoms with Gasteiger partial charge in [-0.1, -0.05) is 6.08 Å². The van der Waals surface area contributed by atoms with Crippen molar-refractivity contribution in [1.82, 2.24) is 0 Å². The summed E-state index contributed by atoms with van der Waals surface area (Å²) >= 11 is 0. The molecule has 0 saturated heterocycles. The van der Waals surface area contributed by atoms with E-state index in [1.807, 2.05) is 12.2 Å². The predicted octanol–water partition coefficient (Wildman–Crippen LogP) is 2.09. The van der Waals surface area contributed by atoms with Crippen LogP contribution < -0.4 is 0 Å². The first kappa shape index (κ1) is 7.35. The second-order valence-corrected chi connectivity index (χ2v) is 2.93. The molecule has 2 nitrogen and oxygen atoms in total. The highest BCUT2D eigenvalue weighted by Gasteiger charge is 2.17. The van der Waals surface area contributed by atoms with E-state index < -0.39 is 0 Å². The zero-order valence-corrected chi connectivity index (χ0v) is 6.75. The largest absolute Gasteiger partial charge is 0.461 e. The molecule has 2 heteroatoms. The van der Waals surface area contributed by atoms with Gasteiger partial charge in [0.05, 0.1) is 6.26 Å². The molecule has 0 aromatic carbocycles. The number of ether oxygens (including phenoxy) is 1. The molecule has 0 amide bonds. The second-order valence-electron chi connectivity index (χ2n) is 2.93. The normalized spacial score (nSPS) is 21.8. The monoisotopic (exact) mass is 162 g/mol. The third-order valence-corrected chi connectivity index (χ3v) is 2.07. The molecule has 2 aliphatic rings. The highest BCUT2D eigenvalue weighted by atomic mass is 16.5. The van der Waals surface area contributed by atoms with Crippen LogP contribution in [0.3, 0.4) is 0 Å². The van der Waals surface area contributed by atoms with E-state index in [0.29, 0.717) is 5.76 Å². The summed E-state index contributed by atoms with van der Waals surface area (Å²) in [5, 5.41) is 0. The molecule has 0 atom stereocenters. The van der Waals surface area contributed by atoms with Crippen molar-refractivity contribution in [3.05, 3.63) is 35.8 Å². The Labute approximate surface area is 71.2 Å². The third-order valence-electron chi connectivity index (χ3n) is 2.07. The molecule has 0 spiro atoms. The predicted molar refractivity (Wildman–Crippen MR) is 45.2 cm³/mol. The number of ketones is 1. The van der Waals surface area contributed by atoms with Gasteiger partial charge in [-0.25, -0.2) is 0 Å². The average Bonchev–Trinajstić information content (AvgIpc) is 2.29. The SMILES string of the molecule is O=C1C=CCCC2=C1OC=CC2. The average molecular weight is 162 g/mol. The van der Waals surface area contributed by atoms with Crippen molar-refractivity contribution in [2.24, 2.45) is 0 Å². The van der Waals surface area contributed by atoms with E-state index in [4.69, 9.17) is 4.74 Å². The summed E-state index contributed by atoms with van der Waals surface area (Å²) < 4.78 is 5.17. The Bertz CT molecular complexity index is 295. The molecular weight excluding hydrogens is 152 g/mol. The Morgan fingerprint density at radius 3 is 3.17 bits per heavy atom. The van der Waals surface area contributed by atoms with Crippen LogP contribution in [0.1, 0.15) is 19.3 Å². The van der Waals surface area contributed by atoms with Crippen molar-refractivity contribution in [2.75, 3.05) is 0 Å². The van der Waals surface area contributed by atoms with Gasteiger partial charge in [0, 0.05) is 0 Å². The summed E-state index contributed by atoms with van der Waals surface area (Å²) in [6, 6.07) is 0. The van der Waals surface area contributed by atoms with Gasteiger partial charge in [0.1, 0.15) is 0 Å². The van der Waals surface area contributed by atoms with Gasteiger partial charge in [0.25, 0.3) is 0 Å². The lowest BCUT2D eigenvalue weighted by molar-refractivity contribution is -0.113.